The van der Waals surface area contributed by atoms with E-state index < -0.39 is 11.9 Å². The summed E-state index contributed by atoms with van der Waals surface area (Å²) in [5.41, 5.74) is 0. The number of hydrogen-bond donors (Lipinski definition) is 1. The molecule has 0 aliphatic rings. The molecule has 1 N–H and O–H groups in total. The standard InChI is InChI=1S/C12H21N3O2/c1-9(2)7-14-12(17)15(8-10(3)4)11(16)5-6-13/h9-10H,5,7-8H2,1-4H3,(H,14,17). The Kier molecular flexibility index (Phi) is 6.95. The summed E-state index contributed by atoms with van der Waals surface area (Å²) in [4.78, 5) is 24.5. The molecule has 0 rings (SSSR count). The smallest absolute Gasteiger partial charge is 0.324 e. The molecule has 0 radical (unpaired) electrons. The number of carbonyl (C=O) groups is 2. The highest BCUT2D eigenvalue weighted by Gasteiger charge is 2.21. The molecule has 3 amide bonds. The number of rotatable bonds is 5. The van der Waals surface area contributed by atoms with Gasteiger partial charge in [0.05, 0.1) is 6.07 Å². The molecule has 0 saturated heterocycles. The van der Waals surface area contributed by atoms with Crippen molar-refractivity contribution in [2.75, 3.05) is 13.1 Å². The Bertz CT molecular complexity index is 305. The molecule has 0 bridgehead atoms. The Morgan fingerprint density at radius 3 is 2.24 bits per heavy atom. The Balaban J connectivity index is 4.51. The molecule has 17 heavy (non-hydrogen) atoms. The molecule has 0 aliphatic carbocycles. The molecule has 96 valence electrons. The molecule has 5 heteroatoms. The van der Waals surface area contributed by atoms with Crippen molar-refractivity contribution in [3.63, 3.8) is 0 Å². The average molecular weight is 239 g/mol. The van der Waals surface area contributed by atoms with Gasteiger partial charge in [0.25, 0.3) is 0 Å². The van der Waals surface area contributed by atoms with Crippen LogP contribution in [-0.2, 0) is 4.79 Å². The van der Waals surface area contributed by atoms with E-state index in [-0.39, 0.29) is 12.3 Å². The Hall–Kier alpha value is -1.57. The number of nitrogens with zero attached hydrogens (tertiary/aromatic N) is 2. The van der Waals surface area contributed by atoms with Crippen LogP contribution in [0.4, 0.5) is 4.79 Å². The Morgan fingerprint density at radius 2 is 1.82 bits per heavy atom. The summed E-state index contributed by atoms with van der Waals surface area (Å²) in [5.74, 6) is 0.0656. The third-order valence-corrected chi connectivity index (χ3v) is 1.99. The molecule has 0 spiro atoms. The van der Waals surface area contributed by atoms with E-state index in [2.05, 4.69) is 5.32 Å². The fraction of sp³-hybridized carbons (Fsp3) is 0.750. The van der Waals surface area contributed by atoms with Crippen molar-refractivity contribution in [3.8, 4) is 6.07 Å². The highest BCUT2D eigenvalue weighted by Crippen LogP contribution is 2.02. The van der Waals surface area contributed by atoms with Crippen LogP contribution in [0.15, 0.2) is 0 Å². The summed E-state index contributed by atoms with van der Waals surface area (Å²) in [6, 6.07) is 1.36. The molecule has 0 heterocycles. The highest BCUT2D eigenvalue weighted by atomic mass is 16.2. The number of urea groups is 1. The molecular weight excluding hydrogens is 218 g/mol. The van der Waals surface area contributed by atoms with Crippen LogP contribution in [0.2, 0.25) is 0 Å². The molecule has 0 saturated carbocycles. The van der Waals surface area contributed by atoms with E-state index in [0.29, 0.717) is 19.0 Å². The minimum absolute atomic E-state index is 0.183. The molecule has 0 aromatic rings. The topological polar surface area (TPSA) is 73.2 Å². The molecule has 0 fully saturated rings. The minimum atomic E-state index is -0.442. The molecule has 5 nitrogen and oxygen atoms in total. The lowest BCUT2D eigenvalue weighted by Gasteiger charge is -2.22. The zero-order chi connectivity index (χ0) is 13.4. The predicted octanol–water partition coefficient (Wildman–Crippen LogP) is 1.75. The van der Waals surface area contributed by atoms with Crippen molar-refractivity contribution >= 4 is 11.9 Å². The van der Waals surface area contributed by atoms with Gasteiger partial charge in [-0.05, 0) is 11.8 Å². The third-order valence-electron chi connectivity index (χ3n) is 1.99. The zero-order valence-electron chi connectivity index (χ0n) is 11.0. The number of hydrogen-bond acceptors (Lipinski definition) is 3. The maximum atomic E-state index is 11.8. The van der Waals surface area contributed by atoms with Crippen LogP contribution >= 0.6 is 0 Å². The van der Waals surface area contributed by atoms with Crippen LogP contribution in [-0.4, -0.2) is 29.9 Å². The second-order valence-electron chi connectivity index (χ2n) is 4.81. The van der Waals surface area contributed by atoms with Crippen molar-refractivity contribution < 1.29 is 9.59 Å². The maximum Gasteiger partial charge on any atom is 0.324 e. The molecule has 0 aliphatic heterocycles. The van der Waals surface area contributed by atoms with Crippen LogP contribution in [0.5, 0.6) is 0 Å². The number of amides is 3. The average Bonchev–Trinajstić information content (AvgIpc) is 2.22. The second-order valence-corrected chi connectivity index (χ2v) is 4.81. The van der Waals surface area contributed by atoms with Gasteiger partial charge in [-0.1, -0.05) is 27.7 Å². The second kappa shape index (κ2) is 7.66. The minimum Gasteiger partial charge on any atom is -0.337 e. The first-order chi connectivity index (χ1) is 7.88. The van der Waals surface area contributed by atoms with Gasteiger partial charge in [0.2, 0.25) is 5.91 Å². The van der Waals surface area contributed by atoms with Crippen LogP contribution in [0.25, 0.3) is 0 Å². The number of nitriles is 1. The van der Waals surface area contributed by atoms with E-state index in [0.717, 1.165) is 4.90 Å². The summed E-state index contributed by atoms with van der Waals surface area (Å²) in [6.07, 6.45) is -0.262. The fourth-order valence-corrected chi connectivity index (χ4v) is 1.21. The van der Waals surface area contributed by atoms with E-state index in [1.165, 1.54) is 0 Å². The lowest BCUT2D eigenvalue weighted by molar-refractivity contribution is -0.127. The van der Waals surface area contributed by atoms with Crippen LogP contribution in [0, 0.1) is 23.2 Å². The van der Waals surface area contributed by atoms with Gasteiger partial charge in [0.15, 0.2) is 0 Å². The van der Waals surface area contributed by atoms with E-state index in [9.17, 15) is 9.59 Å². The SMILES string of the molecule is CC(C)CNC(=O)N(CC(C)C)C(=O)CC#N. The third kappa shape index (κ3) is 6.56. The van der Waals surface area contributed by atoms with Gasteiger partial charge in [-0.2, -0.15) is 5.26 Å². The van der Waals surface area contributed by atoms with Crippen molar-refractivity contribution in [2.45, 2.75) is 34.1 Å². The van der Waals surface area contributed by atoms with Gasteiger partial charge < -0.3 is 5.32 Å². The summed E-state index contributed by atoms with van der Waals surface area (Å²) in [6.45, 7) is 8.65. The number of carbonyl (C=O) groups excluding carboxylic acids is 2. The summed E-state index contributed by atoms with van der Waals surface area (Å²) in [7, 11) is 0. The van der Waals surface area contributed by atoms with Gasteiger partial charge in [-0.3, -0.25) is 9.69 Å². The van der Waals surface area contributed by atoms with Crippen molar-refractivity contribution in [1.82, 2.24) is 10.2 Å². The van der Waals surface area contributed by atoms with Crippen LogP contribution in [0.3, 0.4) is 0 Å². The van der Waals surface area contributed by atoms with Gasteiger partial charge >= 0.3 is 6.03 Å². The quantitative estimate of drug-likeness (QED) is 0.794. The van der Waals surface area contributed by atoms with Gasteiger partial charge in [0.1, 0.15) is 6.42 Å². The van der Waals surface area contributed by atoms with Crippen molar-refractivity contribution in [2.24, 2.45) is 11.8 Å². The molecule has 0 aromatic heterocycles. The highest BCUT2D eigenvalue weighted by molar-refractivity contribution is 5.95. The maximum absolute atomic E-state index is 11.8. The molecular formula is C12H21N3O2. The number of nitrogens with one attached hydrogen (secondary N) is 1. The van der Waals surface area contributed by atoms with Crippen LogP contribution in [0.1, 0.15) is 34.1 Å². The first-order valence-electron chi connectivity index (χ1n) is 5.83. The monoisotopic (exact) mass is 239 g/mol. The van der Waals surface area contributed by atoms with E-state index in [1.807, 2.05) is 27.7 Å². The van der Waals surface area contributed by atoms with E-state index in [1.54, 1.807) is 6.07 Å². The van der Waals surface area contributed by atoms with Gasteiger partial charge in [0, 0.05) is 13.1 Å². The lowest BCUT2D eigenvalue weighted by atomic mass is 10.2. The lowest BCUT2D eigenvalue weighted by Crippen LogP contribution is -2.46. The first-order valence-corrected chi connectivity index (χ1v) is 5.83. The van der Waals surface area contributed by atoms with Gasteiger partial charge in [-0.25, -0.2) is 4.79 Å². The first kappa shape index (κ1) is 15.4. The van der Waals surface area contributed by atoms with Crippen molar-refractivity contribution in [1.29, 1.82) is 5.26 Å². The summed E-state index contributed by atoms with van der Waals surface area (Å²) < 4.78 is 0. The Labute approximate surface area is 103 Å². The largest absolute Gasteiger partial charge is 0.337 e. The van der Waals surface area contributed by atoms with Gasteiger partial charge in [-0.15, -0.1) is 0 Å². The summed E-state index contributed by atoms with van der Waals surface area (Å²) in [5, 5.41) is 11.2. The molecule has 0 atom stereocenters. The normalized spacial score (nSPS) is 10.2. The predicted molar refractivity (Wildman–Crippen MR) is 65.0 cm³/mol. The van der Waals surface area contributed by atoms with Crippen molar-refractivity contribution in [3.05, 3.63) is 0 Å². The fourth-order valence-electron chi connectivity index (χ4n) is 1.21. The van der Waals surface area contributed by atoms with Crippen LogP contribution < -0.4 is 5.32 Å². The summed E-state index contributed by atoms with van der Waals surface area (Å²) >= 11 is 0. The zero-order valence-corrected chi connectivity index (χ0v) is 11.0. The Morgan fingerprint density at radius 1 is 1.24 bits per heavy atom. The molecule has 0 aromatic carbocycles. The molecule has 0 unspecified atom stereocenters. The van der Waals surface area contributed by atoms with E-state index >= 15 is 0 Å². The number of imide groups is 1. The van der Waals surface area contributed by atoms with E-state index in [4.69, 9.17) is 5.26 Å².